The maximum Gasteiger partial charge on any atom is 0.329 e. The van der Waals surface area contributed by atoms with Gasteiger partial charge in [-0.15, -0.1) is 0 Å². The van der Waals surface area contributed by atoms with Crippen LogP contribution < -0.4 is 14.8 Å². The highest BCUT2D eigenvalue weighted by molar-refractivity contribution is 6.13. The van der Waals surface area contributed by atoms with Crippen molar-refractivity contribution in [1.82, 2.24) is 10.2 Å². The van der Waals surface area contributed by atoms with Crippen molar-refractivity contribution >= 4 is 18.0 Å². The number of ether oxygens (including phenoxy) is 2. The molecule has 1 saturated heterocycles. The number of hydrogen-bond acceptors (Lipinski definition) is 4. The van der Waals surface area contributed by atoms with Crippen molar-refractivity contribution in [3.63, 3.8) is 0 Å². The number of urea groups is 1. The van der Waals surface area contributed by atoms with Gasteiger partial charge in [-0.05, 0) is 41.8 Å². The van der Waals surface area contributed by atoms with Crippen LogP contribution in [0.25, 0.3) is 6.08 Å². The maximum atomic E-state index is 12.8. The molecular formula is C26H24N2O4. The molecule has 3 aromatic carbocycles. The number of nitrogens with one attached hydrogen (secondary N) is 1. The van der Waals surface area contributed by atoms with Crippen LogP contribution in [0.3, 0.4) is 0 Å². The molecular weight excluding hydrogens is 404 g/mol. The lowest BCUT2D eigenvalue weighted by molar-refractivity contribution is -0.123. The van der Waals surface area contributed by atoms with E-state index in [0.717, 1.165) is 22.3 Å². The van der Waals surface area contributed by atoms with Gasteiger partial charge in [0.15, 0.2) is 11.5 Å². The van der Waals surface area contributed by atoms with E-state index in [1.807, 2.05) is 67.6 Å². The number of rotatable bonds is 7. The smallest absolute Gasteiger partial charge is 0.329 e. The van der Waals surface area contributed by atoms with Crippen molar-refractivity contribution in [2.24, 2.45) is 0 Å². The Hall–Kier alpha value is -4.06. The Morgan fingerprint density at radius 3 is 2.38 bits per heavy atom. The Balaban J connectivity index is 1.51. The van der Waals surface area contributed by atoms with E-state index in [9.17, 15) is 9.59 Å². The van der Waals surface area contributed by atoms with Gasteiger partial charge in [-0.1, -0.05) is 66.2 Å². The van der Waals surface area contributed by atoms with Crippen molar-refractivity contribution in [3.8, 4) is 11.5 Å². The molecule has 1 aliphatic rings. The molecule has 0 spiro atoms. The Morgan fingerprint density at radius 1 is 0.906 bits per heavy atom. The van der Waals surface area contributed by atoms with Crippen molar-refractivity contribution in [3.05, 3.63) is 101 Å². The number of carbonyl (C=O) groups excluding carboxylic acids is 2. The molecule has 6 nitrogen and oxygen atoms in total. The van der Waals surface area contributed by atoms with Crippen molar-refractivity contribution in [2.45, 2.75) is 20.1 Å². The van der Waals surface area contributed by atoms with Crippen LogP contribution in [0.4, 0.5) is 4.79 Å². The summed E-state index contributed by atoms with van der Waals surface area (Å²) in [5, 5.41) is 2.67. The average Bonchev–Trinajstić information content (AvgIpc) is 3.07. The van der Waals surface area contributed by atoms with Crippen LogP contribution in [0.15, 0.2) is 78.5 Å². The highest BCUT2D eigenvalue weighted by atomic mass is 16.5. The number of aryl methyl sites for hydroxylation is 1. The fourth-order valence-corrected chi connectivity index (χ4v) is 3.39. The van der Waals surface area contributed by atoms with E-state index < -0.39 is 6.03 Å². The van der Waals surface area contributed by atoms with E-state index >= 15 is 0 Å². The summed E-state index contributed by atoms with van der Waals surface area (Å²) in [7, 11) is 1.58. The van der Waals surface area contributed by atoms with E-state index in [4.69, 9.17) is 9.47 Å². The van der Waals surface area contributed by atoms with Crippen LogP contribution in [0.2, 0.25) is 0 Å². The molecule has 3 aromatic rings. The van der Waals surface area contributed by atoms with E-state index in [0.29, 0.717) is 18.1 Å². The topological polar surface area (TPSA) is 67.9 Å². The van der Waals surface area contributed by atoms with Crippen LogP contribution in [0, 0.1) is 6.92 Å². The number of imide groups is 1. The minimum absolute atomic E-state index is 0.219. The molecule has 1 heterocycles. The van der Waals surface area contributed by atoms with Crippen LogP contribution in [-0.2, 0) is 17.9 Å². The fraction of sp³-hybridized carbons (Fsp3) is 0.154. The van der Waals surface area contributed by atoms with Gasteiger partial charge in [-0.3, -0.25) is 9.69 Å². The third kappa shape index (κ3) is 4.81. The molecule has 0 saturated carbocycles. The van der Waals surface area contributed by atoms with Gasteiger partial charge in [0.25, 0.3) is 5.91 Å². The predicted molar refractivity (Wildman–Crippen MR) is 122 cm³/mol. The minimum atomic E-state index is -0.434. The van der Waals surface area contributed by atoms with Crippen LogP contribution >= 0.6 is 0 Å². The van der Waals surface area contributed by atoms with E-state index in [1.165, 1.54) is 4.90 Å². The van der Waals surface area contributed by atoms with Gasteiger partial charge >= 0.3 is 6.03 Å². The molecule has 0 unspecified atom stereocenters. The van der Waals surface area contributed by atoms with Crippen molar-refractivity contribution in [2.75, 3.05) is 7.11 Å². The molecule has 1 fully saturated rings. The molecule has 0 aliphatic carbocycles. The number of amides is 3. The Labute approximate surface area is 187 Å². The summed E-state index contributed by atoms with van der Waals surface area (Å²) in [5.74, 6) is 0.781. The second-order valence-electron chi connectivity index (χ2n) is 7.55. The van der Waals surface area contributed by atoms with E-state index in [1.54, 1.807) is 25.3 Å². The van der Waals surface area contributed by atoms with Gasteiger partial charge < -0.3 is 14.8 Å². The lowest BCUT2D eigenvalue weighted by Crippen LogP contribution is -2.30. The zero-order chi connectivity index (χ0) is 22.5. The molecule has 4 rings (SSSR count). The molecule has 1 aliphatic heterocycles. The molecule has 1 N–H and O–H groups in total. The monoisotopic (exact) mass is 428 g/mol. The Morgan fingerprint density at radius 2 is 1.66 bits per heavy atom. The minimum Gasteiger partial charge on any atom is -0.493 e. The van der Waals surface area contributed by atoms with Gasteiger partial charge in [0, 0.05) is 0 Å². The van der Waals surface area contributed by atoms with E-state index in [-0.39, 0.29) is 18.1 Å². The maximum absolute atomic E-state index is 12.8. The predicted octanol–water partition coefficient (Wildman–Crippen LogP) is 4.68. The summed E-state index contributed by atoms with van der Waals surface area (Å²) < 4.78 is 11.3. The first-order chi connectivity index (χ1) is 15.5. The van der Waals surface area contributed by atoms with E-state index in [2.05, 4.69) is 5.32 Å². The quantitative estimate of drug-likeness (QED) is 0.438. The number of benzene rings is 3. The molecule has 162 valence electrons. The van der Waals surface area contributed by atoms with Gasteiger partial charge in [0.1, 0.15) is 12.3 Å². The zero-order valence-electron chi connectivity index (χ0n) is 18.0. The standard InChI is InChI=1S/C26H24N2O4/c1-18-8-10-19(11-9-18)16-28-25(29)22(27-26(28)30)14-21-12-13-23(31-2)24(15-21)32-17-20-6-4-3-5-7-20/h3-15H,16-17H2,1-2H3,(H,27,30)/b22-14-. The summed E-state index contributed by atoms with van der Waals surface area (Å²) in [4.78, 5) is 26.4. The lowest BCUT2D eigenvalue weighted by Gasteiger charge is -2.12. The first-order valence-corrected chi connectivity index (χ1v) is 10.3. The van der Waals surface area contributed by atoms with Crippen LogP contribution in [-0.4, -0.2) is 23.9 Å². The van der Waals surface area contributed by atoms with Crippen molar-refractivity contribution < 1.29 is 19.1 Å². The lowest BCUT2D eigenvalue weighted by atomic mass is 10.1. The Kier molecular flexibility index (Phi) is 6.22. The van der Waals surface area contributed by atoms with Gasteiger partial charge in [-0.2, -0.15) is 0 Å². The SMILES string of the molecule is COc1ccc(/C=C2\NC(=O)N(Cc3ccc(C)cc3)C2=O)cc1OCc1ccccc1. The normalized spacial score (nSPS) is 14.6. The second kappa shape index (κ2) is 9.39. The summed E-state index contributed by atoms with van der Waals surface area (Å²) in [6.07, 6.45) is 1.64. The molecule has 3 amide bonds. The molecule has 0 bridgehead atoms. The molecule has 0 radical (unpaired) electrons. The van der Waals surface area contributed by atoms with Gasteiger partial charge in [0.05, 0.1) is 13.7 Å². The zero-order valence-corrected chi connectivity index (χ0v) is 18.0. The first-order valence-electron chi connectivity index (χ1n) is 10.3. The number of hydrogen-bond donors (Lipinski definition) is 1. The number of nitrogens with zero attached hydrogens (tertiary/aromatic N) is 1. The highest BCUT2D eigenvalue weighted by Gasteiger charge is 2.33. The van der Waals surface area contributed by atoms with Gasteiger partial charge in [-0.25, -0.2) is 4.79 Å². The summed E-state index contributed by atoms with van der Waals surface area (Å²) >= 11 is 0. The second-order valence-corrected chi connectivity index (χ2v) is 7.55. The largest absolute Gasteiger partial charge is 0.493 e. The summed E-state index contributed by atoms with van der Waals surface area (Å²) in [6.45, 7) is 2.60. The van der Waals surface area contributed by atoms with Gasteiger partial charge in [0.2, 0.25) is 0 Å². The first kappa shape index (κ1) is 21.2. The summed E-state index contributed by atoms with van der Waals surface area (Å²) in [5.41, 5.74) is 3.98. The van der Waals surface area contributed by atoms with Crippen LogP contribution in [0.5, 0.6) is 11.5 Å². The number of methoxy groups -OCH3 is 1. The highest BCUT2D eigenvalue weighted by Crippen LogP contribution is 2.30. The summed E-state index contributed by atoms with van der Waals surface area (Å²) in [6, 6.07) is 22.5. The molecule has 32 heavy (non-hydrogen) atoms. The fourth-order valence-electron chi connectivity index (χ4n) is 3.39. The third-order valence-electron chi connectivity index (χ3n) is 5.16. The average molecular weight is 428 g/mol. The third-order valence-corrected chi connectivity index (χ3v) is 5.16. The molecule has 0 aromatic heterocycles. The number of carbonyl (C=O) groups is 2. The van der Waals surface area contributed by atoms with Crippen LogP contribution in [0.1, 0.15) is 22.3 Å². The molecule has 6 heteroatoms. The Bertz CT molecular complexity index is 1150. The van der Waals surface area contributed by atoms with Crippen molar-refractivity contribution in [1.29, 1.82) is 0 Å². The molecule has 0 atom stereocenters.